The van der Waals surface area contributed by atoms with Crippen molar-refractivity contribution < 1.29 is 20.1 Å². The van der Waals surface area contributed by atoms with Crippen LogP contribution in [0.1, 0.15) is 18.1 Å². The number of phenols is 2. The van der Waals surface area contributed by atoms with Crippen molar-refractivity contribution in [2.45, 2.75) is 13.3 Å². The summed E-state index contributed by atoms with van der Waals surface area (Å²) in [4.78, 5) is 10.6. The van der Waals surface area contributed by atoms with Crippen LogP contribution in [-0.2, 0) is 11.2 Å². The number of hydrogen-bond acceptors (Lipinski definition) is 4. The normalized spacial score (nSPS) is 11.8. The minimum absolute atomic E-state index is 0.0189. The highest BCUT2D eigenvalue weighted by Gasteiger charge is 2.16. The number of phenolic OH excluding ortho intramolecular Hbond substituents is 2. The predicted octanol–water partition coefficient (Wildman–Crippen LogP) is 1.23. The monoisotopic (exact) mass is 221 g/mol. The Morgan fingerprint density at radius 3 is 2.56 bits per heavy atom. The smallest absolute Gasteiger partial charge is 0.306 e. The van der Waals surface area contributed by atoms with Crippen molar-refractivity contribution in [2.24, 2.45) is 5.92 Å². The molecule has 1 unspecified atom stereocenters. The lowest BCUT2D eigenvalue weighted by Crippen LogP contribution is -2.12. The number of nitrogens with zero attached hydrogens (tertiary/aromatic N) is 1. The van der Waals surface area contributed by atoms with Gasteiger partial charge >= 0.3 is 5.97 Å². The molecule has 5 nitrogen and oxygen atoms in total. The van der Waals surface area contributed by atoms with E-state index < -0.39 is 11.9 Å². The lowest BCUT2D eigenvalue weighted by Gasteiger charge is -2.09. The van der Waals surface area contributed by atoms with Crippen LogP contribution >= 0.6 is 0 Å². The number of carbonyl (C=O) groups is 1. The second kappa shape index (κ2) is 4.53. The van der Waals surface area contributed by atoms with Gasteiger partial charge in [-0.15, -0.1) is 0 Å². The van der Waals surface area contributed by atoms with Crippen LogP contribution in [0.2, 0.25) is 0 Å². The summed E-state index contributed by atoms with van der Waals surface area (Å²) in [7, 11) is 0. The molecule has 16 heavy (non-hydrogen) atoms. The van der Waals surface area contributed by atoms with Gasteiger partial charge in [-0.2, -0.15) is 5.26 Å². The molecular weight excluding hydrogens is 210 g/mol. The zero-order chi connectivity index (χ0) is 12.3. The molecule has 1 aromatic rings. The maximum atomic E-state index is 10.6. The fraction of sp³-hybridized carbons (Fsp3) is 0.273. The molecule has 3 N–H and O–H groups in total. The van der Waals surface area contributed by atoms with E-state index in [9.17, 15) is 15.0 Å². The Balaban J connectivity index is 3.06. The third-order valence-corrected chi connectivity index (χ3v) is 2.27. The Bertz CT molecular complexity index is 462. The van der Waals surface area contributed by atoms with E-state index in [1.807, 2.05) is 0 Å². The summed E-state index contributed by atoms with van der Waals surface area (Å²) in [6.07, 6.45) is 0.107. The molecular formula is C11H11NO4. The van der Waals surface area contributed by atoms with Gasteiger partial charge in [-0.1, -0.05) is 6.92 Å². The van der Waals surface area contributed by atoms with Crippen molar-refractivity contribution in [1.29, 1.82) is 5.26 Å². The van der Waals surface area contributed by atoms with Crippen molar-refractivity contribution in [3.63, 3.8) is 0 Å². The van der Waals surface area contributed by atoms with E-state index in [4.69, 9.17) is 10.4 Å². The van der Waals surface area contributed by atoms with Gasteiger partial charge in [-0.05, 0) is 18.1 Å². The van der Waals surface area contributed by atoms with Crippen molar-refractivity contribution >= 4 is 5.97 Å². The summed E-state index contributed by atoms with van der Waals surface area (Å²) < 4.78 is 0. The minimum Gasteiger partial charge on any atom is -0.508 e. The SMILES string of the molecule is CC(Cc1cc(C#N)c(O)cc1O)C(=O)O. The topological polar surface area (TPSA) is 102 Å². The Morgan fingerprint density at radius 1 is 1.44 bits per heavy atom. The minimum atomic E-state index is -0.981. The second-order valence-corrected chi connectivity index (χ2v) is 3.55. The average Bonchev–Trinajstić information content (AvgIpc) is 2.21. The average molecular weight is 221 g/mol. The van der Waals surface area contributed by atoms with E-state index >= 15 is 0 Å². The molecule has 0 aliphatic carbocycles. The molecule has 0 aromatic heterocycles. The largest absolute Gasteiger partial charge is 0.508 e. The summed E-state index contributed by atoms with van der Waals surface area (Å²) in [5, 5.41) is 36.1. The number of nitriles is 1. The molecule has 1 aromatic carbocycles. The van der Waals surface area contributed by atoms with Gasteiger partial charge in [0.2, 0.25) is 0 Å². The van der Waals surface area contributed by atoms with Gasteiger partial charge in [0.15, 0.2) is 0 Å². The molecule has 0 heterocycles. The van der Waals surface area contributed by atoms with Gasteiger partial charge in [-0.3, -0.25) is 4.79 Å². The molecule has 0 saturated carbocycles. The highest BCUT2D eigenvalue weighted by molar-refractivity contribution is 5.70. The van der Waals surface area contributed by atoms with E-state index in [0.29, 0.717) is 5.56 Å². The van der Waals surface area contributed by atoms with Gasteiger partial charge in [0.1, 0.15) is 17.6 Å². The summed E-state index contributed by atoms with van der Waals surface area (Å²) in [6.45, 7) is 1.50. The zero-order valence-corrected chi connectivity index (χ0v) is 8.64. The molecule has 0 radical (unpaired) electrons. The van der Waals surface area contributed by atoms with E-state index in [1.165, 1.54) is 13.0 Å². The van der Waals surface area contributed by atoms with E-state index in [0.717, 1.165) is 6.07 Å². The van der Waals surface area contributed by atoms with E-state index in [2.05, 4.69) is 0 Å². The van der Waals surface area contributed by atoms with Crippen LogP contribution in [0, 0.1) is 17.2 Å². The lowest BCUT2D eigenvalue weighted by atomic mass is 9.98. The highest BCUT2D eigenvalue weighted by Crippen LogP contribution is 2.28. The number of aromatic hydroxyl groups is 2. The van der Waals surface area contributed by atoms with Crippen LogP contribution in [0.25, 0.3) is 0 Å². The molecule has 84 valence electrons. The molecule has 5 heteroatoms. The summed E-state index contributed by atoms with van der Waals surface area (Å²) in [6, 6.07) is 4.10. The number of rotatable bonds is 3. The second-order valence-electron chi connectivity index (χ2n) is 3.55. The Hall–Kier alpha value is -2.22. The number of aliphatic carboxylic acids is 1. The third-order valence-electron chi connectivity index (χ3n) is 2.27. The molecule has 0 amide bonds. The summed E-state index contributed by atoms with van der Waals surface area (Å²) in [5.41, 5.74) is 0.356. The molecule has 1 atom stereocenters. The first-order chi connectivity index (χ1) is 7.45. The highest BCUT2D eigenvalue weighted by atomic mass is 16.4. The molecule has 0 fully saturated rings. The first-order valence-electron chi connectivity index (χ1n) is 4.63. The first kappa shape index (κ1) is 11.9. The first-order valence-corrected chi connectivity index (χ1v) is 4.63. The predicted molar refractivity (Wildman–Crippen MR) is 55.0 cm³/mol. The summed E-state index contributed by atoms with van der Waals surface area (Å²) in [5.74, 6) is -2.16. The van der Waals surface area contributed by atoms with Crippen LogP contribution in [0.15, 0.2) is 12.1 Å². The van der Waals surface area contributed by atoms with Crippen LogP contribution in [0.4, 0.5) is 0 Å². The van der Waals surface area contributed by atoms with Crippen LogP contribution < -0.4 is 0 Å². The third kappa shape index (κ3) is 2.42. The standard InChI is InChI=1S/C11H11NO4/c1-6(11(15)16)2-7-3-8(5-12)10(14)4-9(7)13/h3-4,6,13-14H,2H2,1H3,(H,15,16). The fourth-order valence-electron chi connectivity index (χ4n) is 1.29. The molecule has 0 saturated heterocycles. The lowest BCUT2D eigenvalue weighted by molar-refractivity contribution is -0.141. The Kier molecular flexibility index (Phi) is 3.36. The number of carboxylic acid groups (broad SMARTS) is 1. The fourth-order valence-corrected chi connectivity index (χ4v) is 1.29. The van der Waals surface area contributed by atoms with E-state index in [-0.39, 0.29) is 23.5 Å². The molecule has 0 bridgehead atoms. The van der Waals surface area contributed by atoms with Gasteiger partial charge in [-0.25, -0.2) is 0 Å². The molecule has 0 aliphatic rings. The van der Waals surface area contributed by atoms with E-state index in [1.54, 1.807) is 6.07 Å². The molecule has 0 aliphatic heterocycles. The van der Waals surface area contributed by atoms with Crippen molar-refractivity contribution in [3.8, 4) is 17.6 Å². The zero-order valence-electron chi connectivity index (χ0n) is 8.64. The number of hydrogen-bond donors (Lipinski definition) is 3. The van der Waals surface area contributed by atoms with Crippen molar-refractivity contribution in [2.75, 3.05) is 0 Å². The number of carboxylic acids is 1. The Morgan fingerprint density at radius 2 is 2.06 bits per heavy atom. The Labute approximate surface area is 92.2 Å². The number of benzene rings is 1. The van der Waals surface area contributed by atoms with Gasteiger partial charge in [0.25, 0.3) is 0 Å². The van der Waals surface area contributed by atoms with Crippen molar-refractivity contribution in [1.82, 2.24) is 0 Å². The van der Waals surface area contributed by atoms with Crippen LogP contribution in [0.5, 0.6) is 11.5 Å². The van der Waals surface area contributed by atoms with Crippen LogP contribution in [-0.4, -0.2) is 21.3 Å². The van der Waals surface area contributed by atoms with Gasteiger partial charge < -0.3 is 15.3 Å². The van der Waals surface area contributed by atoms with Gasteiger partial charge in [0.05, 0.1) is 11.5 Å². The maximum Gasteiger partial charge on any atom is 0.306 e. The maximum absolute atomic E-state index is 10.6. The molecule has 1 rings (SSSR count). The van der Waals surface area contributed by atoms with Gasteiger partial charge in [0, 0.05) is 6.07 Å². The summed E-state index contributed by atoms with van der Waals surface area (Å²) >= 11 is 0. The molecule has 0 spiro atoms. The van der Waals surface area contributed by atoms with Crippen molar-refractivity contribution in [3.05, 3.63) is 23.3 Å². The quantitative estimate of drug-likeness (QED) is 0.712. The van der Waals surface area contributed by atoms with Crippen LogP contribution in [0.3, 0.4) is 0 Å².